The second kappa shape index (κ2) is 7.13. The van der Waals surface area contributed by atoms with E-state index in [2.05, 4.69) is 26.0 Å². The van der Waals surface area contributed by atoms with Gasteiger partial charge in [-0.25, -0.2) is 0 Å². The number of aromatic hydroxyl groups is 1. The summed E-state index contributed by atoms with van der Waals surface area (Å²) in [5, 5.41) is 11.9. The van der Waals surface area contributed by atoms with Crippen molar-refractivity contribution in [2.45, 2.75) is 33.9 Å². The standard InChI is InChI=1S/C23H25O2P/c1-16-8-11-20(12-9-16)26(25,23-13-10-17(2)14-22(23)24)15-21-18(3)6-5-7-19(21)4/h5-14,24H,15H2,1-4H3. The first-order valence-electron chi connectivity index (χ1n) is 8.83. The van der Waals surface area contributed by atoms with Crippen molar-refractivity contribution in [2.75, 3.05) is 0 Å². The van der Waals surface area contributed by atoms with Crippen LogP contribution in [0.2, 0.25) is 0 Å². The molecule has 0 saturated carbocycles. The summed E-state index contributed by atoms with van der Waals surface area (Å²) in [6, 6.07) is 19.4. The number of hydrogen-bond donors (Lipinski definition) is 1. The van der Waals surface area contributed by atoms with E-state index in [-0.39, 0.29) is 5.75 Å². The highest BCUT2D eigenvalue weighted by Gasteiger charge is 2.31. The maximum atomic E-state index is 14.4. The Bertz CT molecular complexity index is 967. The van der Waals surface area contributed by atoms with Crippen LogP contribution in [0.3, 0.4) is 0 Å². The predicted molar refractivity (Wildman–Crippen MR) is 111 cm³/mol. The third-order valence-corrected chi connectivity index (χ3v) is 8.05. The molecule has 1 unspecified atom stereocenters. The molecule has 3 aromatic rings. The second-order valence-electron chi connectivity index (χ2n) is 7.10. The fourth-order valence-corrected chi connectivity index (χ4v) is 6.32. The van der Waals surface area contributed by atoms with Crippen LogP contribution in [0.1, 0.15) is 27.8 Å². The van der Waals surface area contributed by atoms with Crippen LogP contribution < -0.4 is 10.6 Å². The van der Waals surface area contributed by atoms with Gasteiger partial charge in [0.2, 0.25) is 0 Å². The second-order valence-corrected chi connectivity index (χ2v) is 9.89. The molecule has 0 spiro atoms. The quantitative estimate of drug-likeness (QED) is 0.651. The smallest absolute Gasteiger partial charge is 0.151 e. The van der Waals surface area contributed by atoms with Gasteiger partial charge in [0.25, 0.3) is 0 Å². The molecule has 0 aromatic heterocycles. The summed E-state index contributed by atoms with van der Waals surface area (Å²) in [4.78, 5) is 0. The zero-order chi connectivity index (χ0) is 18.9. The molecule has 0 amide bonds. The van der Waals surface area contributed by atoms with Crippen molar-refractivity contribution in [1.82, 2.24) is 0 Å². The first kappa shape index (κ1) is 18.5. The maximum absolute atomic E-state index is 14.4. The van der Waals surface area contributed by atoms with Crippen LogP contribution >= 0.6 is 7.14 Å². The van der Waals surface area contributed by atoms with E-state index >= 15 is 0 Å². The van der Waals surface area contributed by atoms with Crippen LogP contribution in [0.15, 0.2) is 60.7 Å². The van der Waals surface area contributed by atoms with Crippen molar-refractivity contribution in [2.24, 2.45) is 0 Å². The Balaban J connectivity index is 2.22. The van der Waals surface area contributed by atoms with Crippen molar-refractivity contribution < 1.29 is 9.67 Å². The molecule has 1 N–H and O–H groups in total. The molecule has 26 heavy (non-hydrogen) atoms. The highest BCUT2D eigenvalue weighted by Crippen LogP contribution is 2.50. The van der Waals surface area contributed by atoms with Gasteiger partial charge in [-0.05, 0) is 62.1 Å². The molecule has 0 bridgehead atoms. The third kappa shape index (κ3) is 3.48. The van der Waals surface area contributed by atoms with Gasteiger partial charge < -0.3 is 9.67 Å². The van der Waals surface area contributed by atoms with Crippen LogP contribution in [0, 0.1) is 27.7 Å². The van der Waals surface area contributed by atoms with Gasteiger partial charge in [-0.1, -0.05) is 54.1 Å². The van der Waals surface area contributed by atoms with Gasteiger partial charge in [-0.3, -0.25) is 0 Å². The van der Waals surface area contributed by atoms with Crippen molar-refractivity contribution >= 4 is 17.8 Å². The number of hydrogen-bond acceptors (Lipinski definition) is 2. The summed E-state index contributed by atoms with van der Waals surface area (Å²) in [7, 11) is -3.03. The van der Waals surface area contributed by atoms with E-state index in [0.29, 0.717) is 11.5 Å². The van der Waals surface area contributed by atoms with E-state index in [1.54, 1.807) is 6.07 Å². The SMILES string of the molecule is Cc1ccc(P(=O)(Cc2c(C)cccc2C)c2ccc(C)cc2O)cc1. The zero-order valence-corrected chi connectivity index (χ0v) is 16.7. The largest absolute Gasteiger partial charge is 0.507 e. The highest BCUT2D eigenvalue weighted by molar-refractivity contribution is 7.78. The average molecular weight is 364 g/mol. The lowest BCUT2D eigenvalue weighted by atomic mass is 10.1. The number of benzene rings is 3. The van der Waals surface area contributed by atoms with Crippen molar-refractivity contribution in [3.8, 4) is 5.75 Å². The Labute approximate surface area is 155 Å². The Kier molecular flexibility index (Phi) is 5.07. The molecule has 3 heteroatoms. The number of phenolic OH excluding ortho intramolecular Hbond substituents is 1. The summed E-state index contributed by atoms with van der Waals surface area (Å²) in [5.41, 5.74) is 5.43. The summed E-state index contributed by atoms with van der Waals surface area (Å²) in [6.07, 6.45) is 0.408. The van der Waals surface area contributed by atoms with Gasteiger partial charge in [0.05, 0.1) is 5.30 Å². The van der Waals surface area contributed by atoms with Gasteiger partial charge in [-0.15, -0.1) is 0 Å². The molecule has 3 aromatic carbocycles. The maximum Gasteiger partial charge on any atom is 0.151 e. The van der Waals surface area contributed by atoms with Gasteiger partial charge in [0, 0.05) is 11.5 Å². The molecule has 0 aliphatic carbocycles. The molecular weight excluding hydrogens is 339 g/mol. The first-order valence-corrected chi connectivity index (χ1v) is 10.7. The van der Waals surface area contributed by atoms with Crippen LogP contribution in [0.25, 0.3) is 0 Å². The molecule has 1 atom stereocenters. The Morgan fingerprint density at radius 2 is 1.38 bits per heavy atom. The van der Waals surface area contributed by atoms with Crippen molar-refractivity contribution in [3.63, 3.8) is 0 Å². The minimum atomic E-state index is -3.03. The molecular formula is C23H25O2P. The number of rotatable bonds is 4. The monoisotopic (exact) mass is 364 g/mol. The van der Waals surface area contributed by atoms with Gasteiger partial charge in [-0.2, -0.15) is 0 Å². The topological polar surface area (TPSA) is 37.3 Å². The molecule has 0 heterocycles. The van der Waals surface area contributed by atoms with Crippen LogP contribution in [-0.2, 0) is 10.7 Å². The Hall–Kier alpha value is -2.31. The number of phenols is 1. The molecule has 0 radical (unpaired) electrons. The van der Waals surface area contributed by atoms with E-state index < -0.39 is 7.14 Å². The van der Waals surface area contributed by atoms with Crippen LogP contribution in [0.4, 0.5) is 0 Å². The Morgan fingerprint density at radius 1 is 0.808 bits per heavy atom. The predicted octanol–water partition coefficient (Wildman–Crippen LogP) is 5.14. The summed E-state index contributed by atoms with van der Waals surface area (Å²) in [5.74, 6) is 0.111. The molecule has 0 aliphatic heterocycles. The zero-order valence-electron chi connectivity index (χ0n) is 15.8. The minimum Gasteiger partial charge on any atom is -0.507 e. The van der Waals surface area contributed by atoms with Gasteiger partial charge in [0.15, 0.2) is 7.14 Å². The lowest BCUT2D eigenvalue weighted by Crippen LogP contribution is -2.19. The molecule has 134 valence electrons. The van der Waals surface area contributed by atoms with Crippen molar-refractivity contribution in [3.05, 3.63) is 88.5 Å². The lowest BCUT2D eigenvalue weighted by Gasteiger charge is -2.23. The lowest BCUT2D eigenvalue weighted by molar-refractivity contribution is 0.478. The molecule has 0 aliphatic rings. The van der Waals surface area contributed by atoms with Crippen LogP contribution in [-0.4, -0.2) is 5.11 Å². The fourth-order valence-electron chi connectivity index (χ4n) is 3.36. The van der Waals surface area contributed by atoms with E-state index in [0.717, 1.165) is 33.1 Å². The molecule has 0 saturated heterocycles. The van der Waals surface area contributed by atoms with E-state index in [4.69, 9.17) is 0 Å². The van der Waals surface area contributed by atoms with Gasteiger partial charge in [0.1, 0.15) is 5.75 Å². The molecule has 3 rings (SSSR count). The fraction of sp³-hybridized carbons (Fsp3) is 0.217. The third-order valence-electron chi connectivity index (χ3n) is 5.00. The summed E-state index contributed by atoms with van der Waals surface area (Å²) in [6.45, 7) is 8.04. The van der Waals surface area contributed by atoms with E-state index in [1.165, 1.54) is 0 Å². The summed E-state index contributed by atoms with van der Waals surface area (Å²) >= 11 is 0. The summed E-state index contributed by atoms with van der Waals surface area (Å²) < 4.78 is 14.4. The molecule has 2 nitrogen and oxygen atoms in total. The minimum absolute atomic E-state index is 0.111. The van der Waals surface area contributed by atoms with Crippen LogP contribution in [0.5, 0.6) is 5.75 Å². The first-order chi connectivity index (χ1) is 12.3. The normalized spacial score (nSPS) is 13.4. The highest BCUT2D eigenvalue weighted by atomic mass is 31.2. The van der Waals surface area contributed by atoms with E-state index in [1.807, 2.05) is 56.3 Å². The Morgan fingerprint density at radius 3 is 1.96 bits per heavy atom. The number of aryl methyl sites for hydroxylation is 4. The average Bonchev–Trinajstić information content (AvgIpc) is 2.58. The molecule has 0 fully saturated rings. The van der Waals surface area contributed by atoms with E-state index in [9.17, 15) is 9.67 Å². The van der Waals surface area contributed by atoms with Crippen molar-refractivity contribution in [1.29, 1.82) is 0 Å². The van der Waals surface area contributed by atoms with Gasteiger partial charge >= 0.3 is 0 Å².